The second-order valence-electron chi connectivity index (χ2n) is 4.25. The summed E-state index contributed by atoms with van der Waals surface area (Å²) in [7, 11) is 0. The van der Waals surface area contributed by atoms with Gasteiger partial charge in [0.25, 0.3) is 0 Å². The van der Waals surface area contributed by atoms with E-state index in [4.69, 9.17) is 5.11 Å². The van der Waals surface area contributed by atoms with Gasteiger partial charge in [-0.3, -0.25) is 4.79 Å². The van der Waals surface area contributed by atoms with Crippen LogP contribution in [0.3, 0.4) is 0 Å². The molecule has 2 heteroatoms. The van der Waals surface area contributed by atoms with Gasteiger partial charge < -0.3 is 5.11 Å². The molecule has 0 fully saturated rings. The Balaban J connectivity index is 2.07. The maximum Gasteiger partial charge on any atom is 0.162 e. The Morgan fingerprint density at radius 1 is 1.12 bits per heavy atom. The summed E-state index contributed by atoms with van der Waals surface area (Å²) >= 11 is 0. The van der Waals surface area contributed by atoms with Crippen molar-refractivity contribution in [1.29, 1.82) is 0 Å². The number of Topliss-reactive ketones (excluding diaryl/α,β-unsaturated/α-hetero) is 1. The first-order chi connectivity index (χ1) is 8.29. The van der Waals surface area contributed by atoms with Crippen LogP contribution in [-0.2, 0) is 11.2 Å². The Hall–Kier alpha value is -1.67. The summed E-state index contributed by atoms with van der Waals surface area (Å²) in [6, 6.07) is 10.1. The van der Waals surface area contributed by atoms with Crippen molar-refractivity contribution in [1.82, 2.24) is 0 Å². The summed E-state index contributed by atoms with van der Waals surface area (Å²) in [6.07, 6.45) is 5.64. The molecule has 0 saturated heterocycles. The van der Waals surface area contributed by atoms with Crippen LogP contribution in [0.1, 0.15) is 18.4 Å². The van der Waals surface area contributed by atoms with Gasteiger partial charge in [0.05, 0.1) is 0 Å². The van der Waals surface area contributed by atoms with Crippen LogP contribution in [-0.4, -0.2) is 17.5 Å². The van der Waals surface area contributed by atoms with E-state index >= 15 is 0 Å². The first kappa shape index (κ1) is 11.8. The van der Waals surface area contributed by atoms with E-state index in [-0.39, 0.29) is 12.4 Å². The molecule has 0 spiro atoms. The van der Waals surface area contributed by atoms with Crippen molar-refractivity contribution in [2.75, 3.05) is 6.61 Å². The molecule has 0 heterocycles. The zero-order valence-corrected chi connectivity index (χ0v) is 9.73. The summed E-state index contributed by atoms with van der Waals surface area (Å²) in [5, 5.41) is 8.82. The van der Waals surface area contributed by atoms with Gasteiger partial charge in [-0.1, -0.05) is 48.1 Å². The Morgan fingerprint density at radius 3 is 2.53 bits per heavy atom. The predicted octanol–water partition coefficient (Wildman–Crippen LogP) is 2.44. The van der Waals surface area contributed by atoms with Crippen molar-refractivity contribution in [3.63, 3.8) is 0 Å². The van der Waals surface area contributed by atoms with Crippen LogP contribution in [0, 0.1) is 0 Å². The van der Waals surface area contributed by atoms with Crippen LogP contribution in [0.2, 0.25) is 0 Å². The molecule has 1 aliphatic rings. The van der Waals surface area contributed by atoms with Crippen LogP contribution in [0.4, 0.5) is 0 Å². The van der Waals surface area contributed by atoms with Crippen LogP contribution in [0.15, 0.2) is 53.6 Å². The third-order valence-electron chi connectivity index (χ3n) is 2.92. The molecule has 17 heavy (non-hydrogen) atoms. The van der Waals surface area contributed by atoms with Crippen molar-refractivity contribution in [3.05, 3.63) is 59.2 Å². The number of aliphatic hydroxyl groups excluding tert-OH is 1. The molecule has 1 N–H and O–H groups in total. The predicted molar refractivity (Wildman–Crippen MR) is 67.6 cm³/mol. The van der Waals surface area contributed by atoms with Crippen LogP contribution >= 0.6 is 0 Å². The fraction of sp³-hybridized carbons (Fsp3) is 0.267. The van der Waals surface area contributed by atoms with Gasteiger partial charge in [-0.05, 0) is 24.0 Å². The van der Waals surface area contributed by atoms with E-state index in [0.29, 0.717) is 12.8 Å². The average molecular weight is 228 g/mol. The minimum absolute atomic E-state index is 0.0411. The smallest absolute Gasteiger partial charge is 0.162 e. The summed E-state index contributed by atoms with van der Waals surface area (Å²) in [5.74, 6) is 0.146. The van der Waals surface area contributed by atoms with Crippen LogP contribution < -0.4 is 0 Å². The van der Waals surface area contributed by atoms with E-state index < -0.39 is 0 Å². The lowest BCUT2D eigenvalue weighted by Gasteiger charge is -2.13. The average Bonchev–Trinajstić information content (AvgIpc) is 2.34. The summed E-state index contributed by atoms with van der Waals surface area (Å²) < 4.78 is 0. The van der Waals surface area contributed by atoms with Gasteiger partial charge in [0.1, 0.15) is 0 Å². The Kier molecular flexibility index (Phi) is 3.89. The molecule has 0 bridgehead atoms. The summed E-state index contributed by atoms with van der Waals surface area (Å²) in [6.45, 7) is 0.0411. The molecule has 88 valence electrons. The number of hydrogen-bond acceptors (Lipinski definition) is 2. The lowest BCUT2D eigenvalue weighted by atomic mass is 9.91. The number of benzene rings is 1. The minimum Gasteiger partial charge on any atom is -0.396 e. The SMILES string of the molecule is O=C1CC(Cc2ccccc2)=CC=C1CCO. The number of ketones is 1. The van der Waals surface area contributed by atoms with E-state index in [1.54, 1.807) is 0 Å². The van der Waals surface area contributed by atoms with Gasteiger partial charge in [0.2, 0.25) is 0 Å². The van der Waals surface area contributed by atoms with E-state index in [9.17, 15) is 4.79 Å². The van der Waals surface area contributed by atoms with E-state index in [0.717, 1.165) is 17.6 Å². The van der Waals surface area contributed by atoms with Gasteiger partial charge in [-0.15, -0.1) is 0 Å². The second kappa shape index (κ2) is 5.60. The van der Waals surface area contributed by atoms with Crippen LogP contribution in [0.25, 0.3) is 0 Å². The number of allylic oxidation sites excluding steroid dienone is 3. The summed E-state index contributed by atoms with van der Waals surface area (Å²) in [4.78, 5) is 11.8. The topological polar surface area (TPSA) is 37.3 Å². The highest BCUT2D eigenvalue weighted by Crippen LogP contribution is 2.20. The summed E-state index contributed by atoms with van der Waals surface area (Å²) in [5.41, 5.74) is 3.11. The molecule has 2 rings (SSSR count). The number of hydrogen-bond donors (Lipinski definition) is 1. The lowest BCUT2D eigenvalue weighted by Crippen LogP contribution is -2.10. The van der Waals surface area contributed by atoms with Crippen molar-refractivity contribution in [3.8, 4) is 0 Å². The van der Waals surface area contributed by atoms with Gasteiger partial charge in [0.15, 0.2) is 5.78 Å². The molecule has 1 aliphatic carbocycles. The Bertz CT molecular complexity index is 455. The number of carbonyl (C=O) groups excluding carboxylic acids is 1. The fourth-order valence-electron chi connectivity index (χ4n) is 2.01. The third-order valence-corrected chi connectivity index (χ3v) is 2.92. The lowest BCUT2D eigenvalue weighted by molar-refractivity contribution is -0.115. The standard InChI is InChI=1S/C15H16O2/c16-9-8-14-7-6-13(11-15(14)17)10-12-4-2-1-3-5-12/h1-7,16H,8-11H2. The number of aliphatic hydroxyl groups is 1. The van der Waals surface area contributed by atoms with Crippen LogP contribution in [0.5, 0.6) is 0 Å². The number of rotatable bonds is 4. The fourth-order valence-corrected chi connectivity index (χ4v) is 2.01. The quantitative estimate of drug-likeness (QED) is 0.859. The molecule has 0 atom stereocenters. The normalized spacial score (nSPS) is 15.5. The molecule has 1 aromatic rings. The minimum atomic E-state index is 0.0411. The molecular weight excluding hydrogens is 212 g/mol. The van der Waals surface area contributed by atoms with Gasteiger partial charge in [0, 0.05) is 13.0 Å². The highest BCUT2D eigenvalue weighted by Gasteiger charge is 2.15. The Morgan fingerprint density at radius 2 is 1.88 bits per heavy atom. The maximum absolute atomic E-state index is 11.8. The van der Waals surface area contributed by atoms with E-state index in [1.165, 1.54) is 5.56 Å². The van der Waals surface area contributed by atoms with Crippen molar-refractivity contribution >= 4 is 5.78 Å². The van der Waals surface area contributed by atoms with E-state index in [2.05, 4.69) is 12.1 Å². The second-order valence-corrected chi connectivity index (χ2v) is 4.25. The van der Waals surface area contributed by atoms with Gasteiger partial charge >= 0.3 is 0 Å². The van der Waals surface area contributed by atoms with Gasteiger partial charge in [-0.2, -0.15) is 0 Å². The highest BCUT2D eigenvalue weighted by molar-refractivity contribution is 5.98. The first-order valence-electron chi connectivity index (χ1n) is 5.86. The van der Waals surface area contributed by atoms with Crippen molar-refractivity contribution in [2.24, 2.45) is 0 Å². The number of carbonyl (C=O) groups is 1. The highest BCUT2D eigenvalue weighted by atomic mass is 16.3. The zero-order valence-electron chi connectivity index (χ0n) is 9.73. The third kappa shape index (κ3) is 3.14. The molecule has 1 aromatic carbocycles. The maximum atomic E-state index is 11.8. The molecule has 2 nitrogen and oxygen atoms in total. The molecule has 0 aliphatic heterocycles. The zero-order chi connectivity index (χ0) is 12.1. The first-order valence-corrected chi connectivity index (χ1v) is 5.86. The molecule has 0 saturated carbocycles. The van der Waals surface area contributed by atoms with E-state index in [1.807, 2.05) is 30.4 Å². The van der Waals surface area contributed by atoms with Crippen molar-refractivity contribution in [2.45, 2.75) is 19.3 Å². The molecule has 0 amide bonds. The Labute approximate surface area is 101 Å². The molecular formula is C15H16O2. The molecule has 0 aromatic heterocycles. The molecule has 0 unspecified atom stereocenters. The monoisotopic (exact) mass is 228 g/mol. The largest absolute Gasteiger partial charge is 0.396 e. The van der Waals surface area contributed by atoms with Crippen molar-refractivity contribution < 1.29 is 9.90 Å². The van der Waals surface area contributed by atoms with Gasteiger partial charge in [-0.25, -0.2) is 0 Å². The molecule has 0 radical (unpaired) electrons.